The predicted octanol–water partition coefficient (Wildman–Crippen LogP) is 2.38. The number of carbonyl (C=O) groups is 1. The summed E-state index contributed by atoms with van der Waals surface area (Å²) in [5, 5.41) is 27.4. The Bertz CT molecular complexity index is 920. The number of nitrogens with zero attached hydrogens (tertiary/aromatic N) is 2. The minimum absolute atomic E-state index is 0.165. The van der Waals surface area contributed by atoms with E-state index in [9.17, 15) is 15.0 Å². The van der Waals surface area contributed by atoms with Crippen molar-refractivity contribution in [1.29, 1.82) is 0 Å². The van der Waals surface area contributed by atoms with Crippen LogP contribution in [0.3, 0.4) is 0 Å². The Morgan fingerprint density at radius 3 is 2.43 bits per heavy atom. The van der Waals surface area contributed by atoms with Crippen LogP contribution in [-0.2, 0) is 4.79 Å². The van der Waals surface area contributed by atoms with Gasteiger partial charge in [0.1, 0.15) is 6.10 Å². The molecule has 1 heterocycles. The number of nitrogens with one attached hydrogen (secondary N) is 2. The van der Waals surface area contributed by atoms with Crippen molar-refractivity contribution in [3.63, 3.8) is 0 Å². The summed E-state index contributed by atoms with van der Waals surface area (Å²) in [6.07, 6.45) is -1.77. The summed E-state index contributed by atoms with van der Waals surface area (Å²) in [6.45, 7) is 0. The second kappa shape index (κ2) is 8.67. The van der Waals surface area contributed by atoms with Gasteiger partial charge in [0, 0.05) is 36.4 Å². The van der Waals surface area contributed by atoms with Gasteiger partial charge >= 0.3 is 0 Å². The van der Waals surface area contributed by atoms with Crippen molar-refractivity contribution in [2.24, 2.45) is 10.9 Å². The van der Waals surface area contributed by atoms with E-state index < -0.39 is 24.2 Å². The van der Waals surface area contributed by atoms with Crippen molar-refractivity contribution in [2.45, 2.75) is 29.9 Å². The fourth-order valence-corrected chi connectivity index (χ4v) is 5.21. The molecule has 5 unspecified atom stereocenters. The molecule has 0 radical (unpaired) electrons. The number of aliphatic hydroxyl groups is 2. The first-order valence-electron chi connectivity index (χ1n) is 9.93. The minimum atomic E-state index is -0.987. The average Bonchev–Trinajstić information content (AvgIpc) is 3.15. The lowest BCUT2D eigenvalue weighted by molar-refractivity contribution is -0.124. The number of para-hydroxylation sites is 1. The van der Waals surface area contributed by atoms with E-state index in [1.807, 2.05) is 73.6 Å². The fourth-order valence-electron chi connectivity index (χ4n) is 3.83. The molecule has 1 fully saturated rings. The molecule has 0 bridgehead atoms. The summed E-state index contributed by atoms with van der Waals surface area (Å²) in [6, 6.07) is 16.7. The highest BCUT2D eigenvalue weighted by Crippen LogP contribution is 2.41. The molecule has 1 aliphatic heterocycles. The zero-order chi connectivity index (χ0) is 21.3. The van der Waals surface area contributed by atoms with Gasteiger partial charge in [0.2, 0.25) is 5.91 Å². The SMILES string of the molecule is CN(C)c1ccc(NC2=NC3C(O)C(O)CC(C(=O)Nc4ccccc4)C3S2)cc1. The van der Waals surface area contributed by atoms with Crippen molar-refractivity contribution in [3.05, 3.63) is 54.6 Å². The third-order valence-electron chi connectivity index (χ3n) is 5.50. The molecule has 5 atom stereocenters. The van der Waals surface area contributed by atoms with Crippen LogP contribution in [0, 0.1) is 5.92 Å². The highest BCUT2D eigenvalue weighted by Gasteiger charge is 2.50. The monoisotopic (exact) mass is 426 g/mol. The number of hydrogen-bond acceptors (Lipinski definition) is 7. The lowest BCUT2D eigenvalue weighted by Crippen LogP contribution is -2.52. The second-order valence-corrected chi connectivity index (χ2v) is 9.00. The molecule has 1 amide bonds. The van der Waals surface area contributed by atoms with Crippen molar-refractivity contribution in [2.75, 3.05) is 29.6 Å². The number of rotatable bonds is 4. The third kappa shape index (κ3) is 4.30. The molecule has 2 aromatic rings. The molecule has 30 heavy (non-hydrogen) atoms. The zero-order valence-electron chi connectivity index (χ0n) is 16.9. The molecule has 1 saturated carbocycles. The van der Waals surface area contributed by atoms with Gasteiger partial charge in [-0.25, -0.2) is 0 Å². The molecular weight excluding hydrogens is 400 g/mol. The van der Waals surface area contributed by atoms with Gasteiger partial charge in [0.05, 0.1) is 18.1 Å². The number of amides is 1. The fraction of sp³-hybridized carbons (Fsp3) is 0.364. The van der Waals surface area contributed by atoms with E-state index in [2.05, 4.69) is 15.6 Å². The number of anilines is 3. The van der Waals surface area contributed by atoms with Gasteiger partial charge in [-0.2, -0.15) is 0 Å². The van der Waals surface area contributed by atoms with Gasteiger partial charge in [-0.1, -0.05) is 30.0 Å². The average molecular weight is 427 g/mol. The summed E-state index contributed by atoms with van der Waals surface area (Å²) in [5.74, 6) is -0.626. The molecule has 2 aliphatic rings. The van der Waals surface area contributed by atoms with E-state index in [1.165, 1.54) is 11.8 Å². The molecule has 4 rings (SSSR count). The second-order valence-electron chi connectivity index (χ2n) is 7.83. The van der Waals surface area contributed by atoms with Gasteiger partial charge in [-0.05, 0) is 42.8 Å². The van der Waals surface area contributed by atoms with Crippen LogP contribution in [0.5, 0.6) is 0 Å². The van der Waals surface area contributed by atoms with Crippen LogP contribution in [0.2, 0.25) is 0 Å². The minimum Gasteiger partial charge on any atom is -0.390 e. The largest absolute Gasteiger partial charge is 0.390 e. The number of thioether (sulfide) groups is 1. The Morgan fingerprint density at radius 2 is 1.77 bits per heavy atom. The Morgan fingerprint density at radius 1 is 1.07 bits per heavy atom. The molecule has 1 aliphatic carbocycles. The van der Waals surface area contributed by atoms with E-state index in [0.717, 1.165) is 11.4 Å². The van der Waals surface area contributed by atoms with Crippen LogP contribution in [0.25, 0.3) is 0 Å². The highest BCUT2D eigenvalue weighted by atomic mass is 32.2. The van der Waals surface area contributed by atoms with Crippen LogP contribution in [0.1, 0.15) is 6.42 Å². The van der Waals surface area contributed by atoms with Crippen LogP contribution >= 0.6 is 11.8 Å². The molecule has 158 valence electrons. The van der Waals surface area contributed by atoms with Crippen molar-refractivity contribution >= 4 is 39.9 Å². The quantitative estimate of drug-likeness (QED) is 0.599. The van der Waals surface area contributed by atoms with Crippen LogP contribution < -0.4 is 15.5 Å². The lowest BCUT2D eigenvalue weighted by Gasteiger charge is -2.37. The normalized spacial score (nSPS) is 27.7. The number of amidine groups is 1. The summed E-state index contributed by atoms with van der Waals surface area (Å²) in [7, 11) is 3.97. The Labute approximate surface area is 180 Å². The van der Waals surface area contributed by atoms with E-state index in [-0.39, 0.29) is 17.6 Å². The number of carbonyl (C=O) groups excluding carboxylic acids is 1. The summed E-state index contributed by atoms with van der Waals surface area (Å²) < 4.78 is 0. The number of hydrogen-bond donors (Lipinski definition) is 4. The van der Waals surface area contributed by atoms with Crippen molar-refractivity contribution < 1.29 is 15.0 Å². The zero-order valence-corrected chi connectivity index (χ0v) is 17.7. The number of aliphatic hydroxyl groups excluding tert-OH is 2. The van der Waals surface area contributed by atoms with Crippen LogP contribution in [0.15, 0.2) is 59.6 Å². The molecule has 7 nitrogen and oxygen atoms in total. The molecule has 0 saturated heterocycles. The summed E-state index contributed by atoms with van der Waals surface area (Å²) >= 11 is 1.45. The molecule has 0 aromatic heterocycles. The third-order valence-corrected chi connectivity index (χ3v) is 6.81. The lowest BCUT2D eigenvalue weighted by atomic mass is 9.81. The smallest absolute Gasteiger partial charge is 0.228 e. The van der Waals surface area contributed by atoms with E-state index in [1.54, 1.807) is 0 Å². The van der Waals surface area contributed by atoms with Gasteiger partial charge in [-0.3, -0.25) is 9.79 Å². The maximum atomic E-state index is 12.9. The Balaban J connectivity index is 1.48. The number of benzene rings is 2. The van der Waals surface area contributed by atoms with E-state index in [4.69, 9.17) is 0 Å². The maximum absolute atomic E-state index is 12.9. The number of fused-ring (bicyclic) bond motifs is 1. The first-order valence-corrected chi connectivity index (χ1v) is 10.8. The first kappa shape index (κ1) is 20.7. The molecule has 2 aromatic carbocycles. The molecule has 4 N–H and O–H groups in total. The summed E-state index contributed by atoms with van der Waals surface area (Å²) in [4.78, 5) is 19.6. The molecular formula is C22H26N4O3S. The van der Waals surface area contributed by atoms with Gasteiger partial charge < -0.3 is 25.7 Å². The predicted molar refractivity (Wildman–Crippen MR) is 122 cm³/mol. The van der Waals surface area contributed by atoms with Crippen molar-refractivity contribution in [1.82, 2.24) is 0 Å². The van der Waals surface area contributed by atoms with Crippen molar-refractivity contribution in [3.8, 4) is 0 Å². The van der Waals surface area contributed by atoms with Crippen LogP contribution in [-0.4, -0.2) is 58.9 Å². The Hall–Kier alpha value is -2.55. The maximum Gasteiger partial charge on any atom is 0.228 e. The highest BCUT2D eigenvalue weighted by molar-refractivity contribution is 8.15. The summed E-state index contributed by atoms with van der Waals surface area (Å²) in [5.41, 5.74) is 2.68. The Kier molecular flexibility index (Phi) is 5.99. The topological polar surface area (TPSA) is 97.2 Å². The molecule has 8 heteroatoms. The van der Waals surface area contributed by atoms with Gasteiger partial charge in [-0.15, -0.1) is 0 Å². The van der Waals surface area contributed by atoms with Gasteiger partial charge in [0.15, 0.2) is 5.17 Å². The van der Waals surface area contributed by atoms with Crippen LogP contribution in [0.4, 0.5) is 17.1 Å². The van der Waals surface area contributed by atoms with E-state index in [0.29, 0.717) is 10.9 Å². The first-order chi connectivity index (χ1) is 14.4. The molecule has 0 spiro atoms. The standard InChI is InChI=1S/C22H26N4O3S/c1-26(2)15-10-8-14(9-11-15)24-22-25-18-19(28)17(27)12-16(20(18)30-22)21(29)23-13-6-4-3-5-7-13/h3-11,16-20,27-28H,12H2,1-2H3,(H,23,29)(H,24,25). The number of aliphatic imine (C=N–C) groups is 1. The van der Waals surface area contributed by atoms with E-state index >= 15 is 0 Å². The van der Waals surface area contributed by atoms with Gasteiger partial charge in [0.25, 0.3) is 0 Å².